The first kappa shape index (κ1) is 16.5. The highest BCUT2D eigenvalue weighted by Crippen LogP contribution is 2.24. The van der Waals surface area contributed by atoms with Crippen LogP contribution in [-0.2, 0) is 0 Å². The largest absolute Gasteiger partial charge is 0.490 e. The maximum absolute atomic E-state index is 12.5. The molecule has 1 aliphatic heterocycles. The first-order valence-corrected chi connectivity index (χ1v) is 8.08. The van der Waals surface area contributed by atoms with Gasteiger partial charge in [-0.15, -0.1) is 0 Å². The zero-order valence-corrected chi connectivity index (χ0v) is 13.8. The summed E-state index contributed by atoms with van der Waals surface area (Å²) in [5.41, 5.74) is 0. The van der Waals surface area contributed by atoms with Crippen molar-refractivity contribution in [3.8, 4) is 11.5 Å². The Balaban J connectivity index is 1.63. The summed E-state index contributed by atoms with van der Waals surface area (Å²) >= 11 is 6.05. The molecule has 2 heterocycles. The van der Waals surface area contributed by atoms with Gasteiger partial charge in [-0.1, -0.05) is 23.7 Å². The number of benzene rings is 1. The van der Waals surface area contributed by atoms with Gasteiger partial charge in [-0.2, -0.15) is 0 Å². The van der Waals surface area contributed by atoms with Crippen molar-refractivity contribution in [3.63, 3.8) is 0 Å². The van der Waals surface area contributed by atoms with E-state index in [-0.39, 0.29) is 6.04 Å². The third kappa shape index (κ3) is 4.15. The number of hydrogen-bond donors (Lipinski definition) is 1. The Labute approximate surface area is 145 Å². The number of hydrogen-bond acceptors (Lipinski definition) is 5. The summed E-state index contributed by atoms with van der Waals surface area (Å²) in [6.07, 6.45) is 2.90. The minimum Gasteiger partial charge on any atom is -0.490 e. The van der Waals surface area contributed by atoms with Crippen molar-refractivity contribution in [3.05, 3.63) is 53.8 Å². The quantitative estimate of drug-likeness (QED) is 0.921. The SMILES string of the molecule is O=C(Oc1ccccc1Cl)N1CCNCC1COc1cccnc1. The molecule has 2 aromatic rings. The van der Waals surface area contributed by atoms with E-state index in [1.807, 2.05) is 6.07 Å². The Bertz CT molecular complexity index is 684. The number of para-hydroxylation sites is 1. The molecule has 0 aliphatic carbocycles. The van der Waals surface area contributed by atoms with Gasteiger partial charge in [0, 0.05) is 25.8 Å². The van der Waals surface area contributed by atoms with E-state index in [1.54, 1.807) is 47.6 Å². The predicted molar refractivity (Wildman–Crippen MR) is 90.6 cm³/mol. The molecule has 0 saturated carbocycles. The molecule has 6 nitrogen and oxygen atoms in total. The van der Waals surface area contributed by atoms with Crippen molar-refractivity contribution in [2.24, 2.45) is 0 Å². The van der Waals surface area contributed by atoms with E-state index in [4.69, 9.17) is 21.1 Å². The van der Waals surface area contributed by atoms with Gasteiger partial charge in [0.25, 0.3) is 0 Å². The zero-order chi connectivity index (χ0) is 16.8. The second-order valence-corrected chi connectivity index (χ2v) is 5.76. The van der Waals surface area contributed by atoms with Crippen molar-refractivity contribution in [1.82, 2.24) is 15.2 Å². The van der Waals surface area contributed by atoms with Gasteiger partial charge in [0.15, 0.2) is 5.75 Å². The lowest BCUT2D eigenvalue weighted by molar-refractivity contribution is 0.0953. The summed E-state index contributed by atoms with van der Waals surface area (Å²) in [5, 5.41) is 3.67. The topological polar surface area (TPSA) is 63.7 Å². The molecule has 1 aliphatic rings. The first-order chi connectivity index (χ1) is 11.7. The molecule has 0 radical (unpaired) electrons. The highest BCUT2D eigenvalue weighted by Gasteiger charge is 2.29. The number of amides is 1. The van der Waals surface area contributed by atoms with Gasteiger partial charge in [-0.25, -0.2) is 4.79 Å². The van der Waals surface area contributed by atoms with Gasteiger partial charge in [0.1, 0.15) is 12.4 Å². The van der Waals surface area contributed by atoms with Crippen molar-refractivity contribution < 1.29 is 14.3 Å². The number of aromatic nitrogens is 1. The van der Waals surface area contributed by atoms with Crippen molar-refractivity contribution in [1.29, 1.82) is 0 Å². The fourth-order valence-electron chi connectivity index (χ4n) is 2.46. The van der Waals surface area contributed by atoms with Crippen LogP contribution >= 0.6 is 11.6 Å². The summed E-state index contributed by atoms with van der Waals surface area (Å²) in [5.74, 6) is 1.03. The van der Waals surface area contributed by atoms with Crippen molar-refractivity contribution in [2.45, 2.75) is 6.04 Å². The lowest BCUT2D eigenvalue weighted by atomic mass is 10.2. The second kappa shape index (κ2) is 7.99. The lowest BCUT2D eigenvalue weighted by Gasteiger charge is -2.35. The first-order valence-electron chi connectivity index (χ1n) is 7.70. The molecular weight excluding hydrogens is 330 g/mol. The van der Waals surface area contributed by atoms with E-state index < -0.39 is 6.09 Å². The zero-order valence-electron chi connectivity index (χ0n) is 13.0. The van der Waals surface area contributed by atoms with Crippen LogP contribution in [0.3, 0.4) is 0 Å². The van der Waals surface area contributed by atoms with E-state index >= 15 is 0 Å². The molecule has 24 heavy (non-hydrogen) atoms. The summed E-state index contributed by atoms with van der Waals surface area (Å²) in [7, 11) is 0. The molecular formula is C17H18ClN3O3. The van der Waals surface area contributed by atoms with Crippen LogP contribution in [0.4, 0.5) is 4.79 Å². The smallest absolute Gasteiger partial charge is 0.415 e. The average Bonchev–Trinajstić information content (AvgIpc) is 2.63. The fourth-order valence-corrected chi connectivity index (χ4v) is 2.63. The van der Waals surface area contributed by atoms with Crippen molar-refractivity contribution >= 4 is 17.7 Å². The van der Waals surface area contributed by atoms with Crippen LogP contribution in [0.15, 0.2) is 48.8 Å². The van der Waals surface area contributed by atoms with E-state index in [1.165, 1.54) is 0 Å². The summed E-state index contributed by atoms with van der Waals surface area (Å²) in [6, 6.07) is 10.4. The molecule has 1 unspecified atom stereocenters. The molecule has 1 saturated heterocycles. The predicted octanol–water partition coefficient (Wildman–Crippen LogP) is 2.59. The standard InChI is InChI=1S/C17H18ClN3O3/c18-15-5-1-2-6-16(15)24-17(22)21-9-8-20-10-13(21)12-23-14-4-3-7-19-11-14/h1-7,11,13,20H,8-10,12H2. The third-order valence-corrected chi connectivity index (χ3v) is 4.01. The number of carbonyl (C=O) groups is 1. The summed E-state index contributed by atoms with van der Waals surface area (Å²) in [4.78, 5) is 18.2. The fraction of sp³-hybridized carbons (Fsp3) is 0.294. The molecule has 1 amide bonds. The van der Waals surface area contributed by atoms with Crippen molar-refractivity contribution in [2.75, 3.05) is 26.2 Å². The van der Waals surface area contributed by atoms with Gasteiger partial charge in [0.2, 0.25) is 0 Å². The van der Waals surface area contributed by atoms with Gasteiger partial charge in [-0.05, 0) is 24.3 Å². The molecule has 1 atom stereocenters. The summed E-state index contributed by atoms with van der Waals surface area (Å²) < 4.78 is 11.1. The highest BCUT2D eigenvalue weighted by atomic mass is 35.5. The monoisotopic (exact) mass is 347 g/mol. The van der Waals surface area contributed by atoms with Crippen LogP contribution < -0.4 is 14.8 Å². The number of rotatable bonds is 4. The van der Waals surface area contributed by atoms with Crippen LogP contribution in [0, 0.1) is 0 Å². The van der Waals surface area contributed by atoms with E-state index in [2.05, 4.69) is 10.3 Å². The van der Waals surface area contributed by atoms with E-state index in [9.17, 15) is 4.79 Å². The summed E-state index contributed by atoms with van der Waals surface area (Å²) in [6.45, 7) is 2.25. The number of nitrogens with one attached hydrogen (secondary N) is 1. The van der Waals surface area contributed by atoms with E-state index in [0.717, 1.165) is 0 Å². The molecule has 7 heteroatoms. The normalized spacial score (nSPS) is 17.4. The van der Waals surface area contributed by atoms with Gasteiger partial charge in [0.05, 0.1) is 17.3 Å². The molecule has 1 aromatic heterocycles. The Morgan fingerprint density at radius 3 is 3.00 bits per heavy atom. The van der Waals surface area contributed by atoms with Gasteiger partial charge in [-0.3, -0.25) is 9.88 Å². The number of nitrogens with zero attached hydrogens (tertiary/aromatic N) is 2. The lowest BCUT2D eigenvalue weighted by Crippen LogP contribution is -2.56. The molecule has 1 aromatic carbocycles. The van der Waals surface area contributed by atoms with Gasteiger partial charge < -0.3 is 14.8 Å². The second-order valence-electron chi connectivity index (χ2n) is 5.35. The number of halogens is 1. The molecule has 3 rings (SSSR count). The average molecular weight is 348 g/mol. The van der Waals surface area contributed by atoms with Crippen LogP contribution in [0.1, 0.15) is 0 Å². The minimum absolute atomic E-state index is 0.131. The maximum Gasteiger partial charge on any atom is 0.415 e. The van der Waals surface area contributed by atoms with Crippen LogP contribution in [0.2, 0.25) is 5.02 Å². The molecule has 1 N–H and O–H groups in total. The Hall–Kier alpha value is -2.31. The molecule has 126 valence electrons. The number of piperazine rings is 1. The number of ether oxygens (including phenoxy) is 2. The molecule has 0 spiro atoms. The third-order valence-electron chi connectivity index (χ3n) is 3.70. The Morgan fingerprint density at radius 1 is 1.33 bits per heavy atom. The van der Waals surface area contributed by atoms with Crippen LogP contribution in [-0.4, -0.2) is 48.3 Å². The van der Waals surface area contributed by atoms with E-state index in [0.29, 0.717) is 42.8 Å². The van der Waals surface area contributed by atoms with Crippen LogP contribution in [0.25, 0.3) is 0 Å². The number of carbonyl (C=O) groups excluding carboxylic acids is 1. The Morgan fingerprint density at radius 2 is 2.21 bits per heavy atom. The maximum atomic E-state index is 12.5. The highest BCUT2D eigenvalue weighted by molar-refractivity contribution is 6.32. The van der Waals surface area contributed by atoms with Crippen LogP contribution in [0.5, 0.6) is 11.5 Å². The molecule has 0 bridgehead atoms. The Kier molecular flexibility index (Phi) is 5.51. The molecule has 1 fully saturated rings. The van der Waals surface area contributed by atoms with Gasteiger partial charge >= 0.3 is 6.09 Å². The minimum atomic E-state index is -0.426. The number of pyridine rings is 1.